The van der Waals surface area contributed by atoms with Crippen LogP contribution in [0.15, 0.2) is 30.5 Å². The molecule has 8 nitrogen and oxygen atoms in total. The number of nitrogens with zero attached hydrogens (tertiary/aromatic N) is 4. The van der Waals surface area contributed by atoms with Crippen LogP contribution in [0.5, 0.6) is 0 Å². The van der Waals surface area contributed by atoms with Crippen LogP contribution in [0.1, 0.15) is 45.1 Å². The Hall–Kier alpha value is -2.43. The molecule has 9 heteroatoms. The number of aryl methyl sites for hydroxylation is 1. The molecule has 1 aliphatic heterocycles. The predicted molar refractivity (Wildman–Crippen MR) is 150 cm³/mol. The number of likely N-dealkylation sites (N-methyl/N-ethyl adjacent to an activating group) is 1. The van der Waals surface area contributed by atoms with Gasteiger partial charge in [-0.15, -0.1) is 0 Å². The molecule has 0 unspecified atom stereocenters. The number of hydrogen-bond donors (Lipinski definition) is 3. The Morgan fingerprint density at radius 1 is 1.14 bits per heavy atom. The lowest BCUT2D eigenvalue weighted by Crippen LogP contribution is -2.44. The number of fused-ring (bicyclic) bond motifs is 1. The summed E-state index contributed by atoms with van der Waals surface area (Å²) in [7, 11) is 2.30. The molecule has 0 bridgehead atoms. The van der Waals surface area contributed by atoms with Crippen molar-refractivity contribution in [2.75, 3.05) is 51.8 Å². The number of aromatic nitrogens is 2. The second-order valence-corrected chi connectivity index (χ2v) is 11.0. The third-order valence-electron chi connectivity index (χ3n) is 7.66. The molecule has 3 heterocycles. The molecule has 1 fully saturated rings. The Morgan fingerprint density at radius 2 is 1.84 bits per heavy atom. The van der Waals surface area contributed by atoms with Crippen LogP contribution in [-0.4, -0.2) is 83.7 Å². The van der Waals surface area contributed by atoms with Gasteiger partial charge in [0.1, 0.15) is 0 Å². The van der Waals surface area contributed by atoms with Gasteiger partial charge in [-0.2, -0.15) is 0 Å². The van der Waals surface area contributed by atoms with Crippen molar-refractivity contribution in [3.8, 4) is 11.3 Å². The Labute approximate surface area is 220 Å². The van der Waals surface area contributed by atoms with Crippen LogP contribution >= 0.6 is 0 Å². The fourth-order valence-corrected chi connectivity index (χ4v) is 5.28. The van der Waals surface area contributed by atoms with E-state index in [9.17, 15) is 15.2 Å². The smallest absolute Gasteiger partial charge is 0.423 e. The van der Waals surface area contributed by atoms with Crippen molar-refractivity contribution in [3.05, 3.63) is 41.7 Å². The van der Waals surface area contributed by atoms with E-state index < -0.39 is 7.12 Å². The number of piperazine rings is 1. The molecular weight excluding hydrogens is 467 g/mol. The van der Waals surface area contributed by atoms with Crippen LogP contribution in [0.25, 0.3) is 22.2 Å². The standard InChI is InChI=1S/C28H41BN4O4/c1-7-33-25-9-8-20(29(35)36)14-22(25)24(16-28(3,4)18-34)27(33)23-15-21(17-30-26(23)19(2)37-6)32-12-10-31(5)11-13-32/h8-9,14-15,17,19,34-36H,7,10-13,16,18H2,1-6H3/t19-/m0/s1. The number of aliphatic hydroxyl groups is 1. The van der Waals surface area contributed by atoms with Gasteiger partial charge in [0.2, 0.25) is 0 Å². The number of ether oxygens (including phenoxy) is 1. The molecule has 4 rings (SSSR count). The fourth-order valence-electron chi connectivity index (χ4n) is 5.28. The van der Waals surface area contributed by atoms with Gasteiger partial charge in [0.15, 0.2) is 0 Å². The highest BCUT2D eigenvalue weighted by Crippen LogP contribution is 2.41. The average molecular weight is 508 g/mol. The summed E-state index contributed by atoms with van der Waals surface area (Å²) < 4.78 is 8.04. The number of hydrogen-bond acceptors (Lipinski definition) is 7. The van der Waals surface area contributed by atoms with Gasteiger partial charge in [-0.3, -0.25) is 4.98 Å². The van der Waals surface area contributed by atoms with E-state index in [1.54, 1.807) is 13.2 Å². The molecule has 1 atom stereocenters. The topological polar surface area (TPSA) is 94.2 Å². The van der Waals surface area contributed by atoms with Gasteiger partial charge in [-0.05, 0) is 55.9 Å². The monoisotopic (exact) mass is 508 g/mol. The molecule has 3 N–H and O–H groups in total. The van der Waals surface area contributed by atoms with Gasteiger partial charge in [-0.25, -0.2) is 0 Å². The number of anilines is 1. The summed E-state index contributed by atoms with van der Waals surface area (Å²) in [4.78, 5) is 9.67. The first-order valence-corrected chi connectivity index (χ1v) is 13.2. The summed E-state index contributed by atoms with van der Waals surface area (Å²) in [5.41, 5.74) is 6.18. The molecule has 1 aliphatic rings. The fraction of sp³-hybridized carbons (Fsp3) is 0.536. The predicted octanol–water partition coefficient (Wildman–Crippen LogP) is 2.42. The maximum atomic E-state index is 10.2. The van der Waals surface area contributed by atoms with Gasteiger partial charge in [0.25, 0.3) is 0 Å². The van der Waals surface area contributed by atoms with Crippen LogP contribution < -0.4 is 10.4 Å². The molecule has 1 aromatic carbocycles. The number of rotatable bonds is 9. The molecule has 0 radical (unpaired) electrons. The van der Waals surface area contributed by atoms with Crippen LogP contribution in [0.3, 0.4) is 0 Å². The van der Waals surface area contributed by atoms with E-state index in [-0.39, 0.29) is 18.1 Å². The normalized spacial score (nSPS) is 16.0. The highest BCUT2D eigenvalue weighted by Gasteiger charge is 2.29. The van der Waals surface area contributed by atoms with Crippen molar-refractivity contribution in [2.24, 2.45) is 5.41 Å². The minimum absolute atomic E-state index is 0.0362. The number of benzene rings is 1. The molecule has 200 valence electrons. The number of pyridine rings is 1. The lowest BCUT2D eigenvalue weighted by atomic mass is 9.78. The molecule has 0 spiro atoms. The second kappa shape index (κ2) is 11.1. The first-order valence-electron chi connectivity index (χ1n) is 13.2. The molecule has 0 saturated carbocycles. The molecule has 2 aromatic heterocycles. The van der Waals surface area contributed by atoms with Gasteiger partial charge >= 0.3 is 7.12 Å². The Kier molecular flexibility index (Phi) is 8.30. The first kappa shape index (κ1) is 27.6. The second-order valence-electron chi connectivity index (χ2n) is 11.0. The van der Waals surface area contributed by atoms with Crippen molar-refractivity contribution in [2.45, 2.75) is 46.8 Å². The molecule has 0 aliphatic carbocycles. The number of methoxy groups -OCH3 is 1. The summed E-state index contributed by atoms with van der Waals surface area (Å²) in [5.74, 6) is 0. The minimum atomic E-state index is -1.55. The zero-order chi connectivity index (χ0) is 26.9. The summed E-state index contributed by atoms with van der Waals surface area (Å²) >= 11 is 0. The van der Waals surface area contributed by atoms with E-state index in [2.05, 4.69) is 34.4 Å². The summed E-state index contributed by atoms with van der Waals surface area (Å²) in [6, 6.07) is 7.83. The Balaban J connectivity index is 2.01. The Bertz CT molecular complexity index is 1230. The van der Waals surface area contributed by atoms with E-state index in [1.807, 2.05) is 39.1 Å². The SMILES string of the molecule is CCn1c(-c2cc(N3CCN(C)CC3)cnc2[C@H](C)OC)c(CC(C)(C)CO)c2cc(B(O)O)ccc21. The third-order valence-corrected chi connectivity index (χ3v) is 7.66. The molecule has 3 aromatic rings. The zero-order valence-corrected chi connectivity index (χ0v) is 23.0. The van der Waals surface area contributed by atoms with E-state index >= 15 is 0 Å². The Morgan fingerprint density at radius 3 is 2.43 bits per heavy atom. The lowest BCUT2D eigenvalue weighted by molar-refractivity contribution is 0.116. The van der Waals surface area contributed by atoms with Crippen molar-refractivity contribution < 1.29 is 19.9 Å². The maximum Gasteiger partial charge on any atom is 0.488 e. The minimum Gasteiger partial charge on any atom is -0.423 e. The third kappa shape index (κ3) is 5.56. The zero-order valence-electron chi connectivity index (χ0n) is 23.0. The van der Waals surface area contributed by atoms with Gasteiger partial charge < -0.3 is 34.3 Å². The largest absolute Gasteiger partial charge is 0.488 e. The first-order chi connectivity index (χ1) is 17.6. The van der Waals surface area contributed by atoms with Crippen molar-refractivity contribution in [3.63, 3.8) is 0 Å². The van der Waals surface area contributed by atoms with Crippen molar-refractivity contribution >= 4 is 29.2 Å². The lowest BCUT2D eigenvalue weighted by Gasteiger charge is -2.34. The summed E-state index contributed by atoms with van der Waals surface area (Å²) in [6.45, 7) is 12.9. The summed E-state index contributed by atoms with van der Waals surface area (Å²) in [6.07, 6.45) is 2.36. The van der Waals surface area contributed by atoms with Crippen LogP contribution in [-0.2, 0) is 17.7 Å². The average Bonchev–Trinajstić information content (AvgIpc) is 3.20. The highest BCUT2D eigenvalue weighted by atomic mass is 16.5. The maximum absolute atomic E-state index is 10.2. The van der Waals surface area contributed by atoms with E-state index in [1.165, 1.54) is 0 Å². The quantitative estimate of drug-likeness (QED) is 0.383. The van der Waals surface area contributed by atoms with E-state index in [0.29, 0.717) is 11.9 Å². The molecule has 37 heavy (non-hydrogen) atoms. The molecule has 1 saturated heterocycles. The van der Waals surface area contributed by atoms with E-state index in [4.69, 9.17) is 9.72 Å². The highest BCUT2D eigenvalue weighted by molar-refractivity contribution is 6.58. The van der Waals surface area contributed by atoms with Crippen LogP contribution in [0.4, 0.5) is 5.69 Å². The van der Waals surface area contributed by atoms with Gasteiger partial charge in [-0.1, -0.05) is 26.0 Å². The molecular formula is C28H41BN4O4. The van der Waals surface area contributed by atoms with Gasteiger partial charge in [0, 0.05) is 62.9 Å². The van der Waals surface area contributed by atoms with Gasteiger partial charge in [0.05, 0.1) is 29.4 Å². The van der Waals surface area contributed by atoms with Crippen molar-refractivity contribution in [1.29, 1.82) is 0 Å². The van der Waals surface area contributed by atoms with Crippen LogP contribution in [0, 0.1) is 5.41 Å². The van der Waals surface area contributed by atoms with E-state index in [0.717, 1.165) is 71.8 Å². The number of aliphatic hydroxyl groups excluding tert-OH is 1. The van der Waals surface area contributed by atoms with Crippen molar-refractivity contribution in [1.82, 2.24) is 14.5 Å². The van der Waals surface area contributed by atoms with Crippen LogP contribution in [0.2, 0.25) is 0 Å². The molecule has 0 amide bonds. The summed E-state index contributed by atoms with van der Waals surface area (Å²) in [5, 5.41) is 31.0.